The zero-order valence-electron chi connectivity index (χ0n) is 19.7. The first kappa shape index (κ1) is 36.2. The van der Waals surface area contributed by atoms with E-state index in [0.717, 1.165) is 12.2 Å². The molecule has 33 heavy (non-hydrogen) atoms. The maximum absolute atomic E-state index is 10.2. The Bertz CT molecular complexity index is 763. The Hall–Kier alpha value is -4.20. The summed E-state index contributed by atoms with van der Waals surface area (Å²) >= 11 is 0. The van der Waals surface area contributed by atoms with Gasteiger partial charge in [-0.1, -0.05) is 69.3 Å². The van der Waals surface area contributed by atoms with Gasteiger partial charge in [-0.05, 0) is 26.3 Å². The van der Waals surface area contributed by atoms with Gasteiger partial charge in [0.15, 0.2) is 0 Å². The molecule has 0 saturated carbocycles. The molecule has 0 radical (unpaired) electrons. The van der Waals surface area contributed by atoms with Crippen LogP contribution in [0.4, 0.5) is 0 Å². The van der Waals surface area contributed by atoms with Crippen LogP contribution in [0.2, 0.25) is 0 Å². The quantitative estimate of drug-likeness (QED) is 0.460. The van der Waals surface area contributed by atoms with E-state index in [1.807, 2.05) is 36.4 Å². The van der Waals surface area contributed by atoms with Gasteiger partial charge >= 0.3 is 23.9 Å². The van der Waals surface area contributed by atoms with Gasteiger partial charge in [0, 0.05) is 23.3 Å². The third kappa shape index (κ3) is 35.6. The van der Waals surface area contributed by atoms with Gasteiger partial charge in [-0.3, -0.25) is 0 Å². The summed E-state index contributed by atoms with van der Waals surface area (Å²) in [4.78, 5) is 39.1. The molecular formula is C25H34O8. The first-order chi connectivity index (χ1) is 15.3. The van der Waals surface area contributed by atoms with Gasteiger partial charge < -0.3 is 19.7 Å². The number of rotatable bonds is 6. The first-order valence-corrected chi connectivity index (χ1v) is 9.28. The summed E-state index contributed by atoms with van der Waals surface area (Å²) in [5, 5.41) is 15.5. The highest BCUT2D eigenvalue weighted by molar-refractivity contribution is 5.86. The molecule has 0 heterocycles. The second kappa shape index (κ2) is 25.8. The summed E-state index contributed by atoms with van der Waals surface area (Å²) in [6.45, 7) is 21.5. The smallest absolute Gasteiger partial charge is 0.332 e. The molecule has 8 nitrogen and oxygen atoms in total. The van der Waals surface area contributed by atoms with Crippen molar-refractivity contribution in [2.45, 2.75) is 20.8 Å². The molecule has 0 aliphatic rings. The van der Waals surface area contributed by atoms with Crippen LogP contribution in [0.3, 0.4) is 0 Å². The largest absolute Gasteiger partial charge is 0.478 e. The summed E-state index contributed by atoms with van der Waals surface area (Å²) < 4.78 is 8.71. The van der Waals surface area contributed by atoms with Crippen LogP contribution in [0.15, 0.2) is 86.5 Å². The minimum Gasteiger partial charge on any atom is -0.478 e. The van der Waals surface area contributed by atoms with E-state index in [2.05, 4.69) is 42.4 Å². The van der Waals surface area contributed by atoms with Crippen LogP contribution in [-0.2, 0) is 28.7 Å². The summed E-state index contributed by atoms with van der Waals surface area (Å²) in [5.41, 5.74) is 1.78. The zero-order valence-corrected chi connectivity index (χ0v) is 19.7. The van der Waals surface area contributed by atoms with Crippen LogP contribution in [-0.4, -0.2) is 47.8 Å². The molecule has 1 aromatic rings. The fraction of sp³-hybridized carbons (Fsp3) is 0.200. The molecule has 0 aliphatic carbocycles. The van der Waals surface area contributed by atoms with Gasteiger partial charge in [-0.2, -0.15) is 0 Å². The minimum absolute atomic E-state index is 0.176. The number of methoxy groups -OCH3 is 1. The van der Waals surface area contributed by atoms with Crippen molar-refractivity contribution in [2.24, 2.45) is 0 Å². The Labute approximate surface area is 195 Å². The lowest BCUT2D eigenvalue weighted by Crippen LogP contribution is -1.98. The molecule has 1 rings (SSSR count). The Kier molecular flexibility index (Phi) is 28.3. The van der Waals surface area contributed by atoms with E-state index < -0.39 is 11.9 Å². The summed E-state index contributed by atoms with van der Waals surface area (Å²) in [5.74, 6) is -2.62. The number of aliphatic carboxylic acids is 2. The van der Waals surface area contributed by atoms with Crippen LogP contribution < -0.4 is 0 Å². The van der Waals surface area contributed by atoms with Crippen molar-refractivity contribution >= 4 is 30.0 Å². The summed E-state index contributed by atoms with van der Waals surface area (Å²) in [7, 11) is 1.33. The molecule has 0 amide bonds. The molecule has 0 saturated heterocycles. The lowest BCUT2D eigenvalue weighted by molar-refractivity contribution is -0.137. The second-order valence-electron chi connectivity index (χ2n) is 5.47. The maximum Gasteiger partial charge on any atom is 0.332 e. The number of hydrogen-bond donors (Lipinski definition) is 2. The highest BCUT2D eigenvalue weighted by Gasteiger charge is 1.95. The third-order valence-electron chi connectivity index (χ3n) is 2.56. The molecule has 1 aromatic carbocycles. The van der Waals surface area contributed by atoms with E-state index in [9.17, 15) is 19.2 Å². The fourth-order valence-electron chi connectivity index (χ4n) is 0.965. The van der Waals surface area contributed by atoms with Crippen LogP contribution in [0.25, 0.3) is 6.08 Å². The second-order valence-corrected chi connectivity index (χ2v) is 5.47. The molecule has 0 aliphatic heterocycles. The van der Waals surface area contributed by atoms with Crippen molar-refractivity contribution in [3.05, 3.63) is 92.1 Å². The van der Waals surface area contributed by atoms with Gasteiger partial charge in [-0.15, -0.1) is 0 Å². The summed E-state index contributed by atoms with van der Waals surface area (Å²) in [6, 6.07) is 10.0. The summed E-state index contributed by atoms with van der Waals surface area (Å²) in [6.07, 6.45) is 3.81. The van der Waals surface area contributed by atoms with Crippen molar-refractivity contribution in [1.82, 2.24) is 0 Å². The van der Waals surface area contributed by atoms with Crippen molar-refractivity contribution in [2.75, 3.05) is 13.7 Å². The van der Waals surface area contributed by atoms with Crippen LogP contribution in [0.5, 0.6) is 0 Å². The normalized spacial score (nSPS) is 7.64. The van der Waals surface area contributed by atoms with Gasteiger partial charge in [0.05, 0.1) is 13.7 Å². The number of carboxylic acid groups (broad SMARTS) is 2. The molecule has 2 N–H and O–H groups in total. The monoisotopic (exact) mass is 462 g/mol. The predicted molar refractivity (Wildman–Crippen MR) is 130 cm³/mol. The van der Waals surface area contributed by atoms with E-state index in [1.165, 1.54) is 19.6 Å². The van der Waals surface area contributed by atoms with Crippen molar-refractivity contribution in [3.63, 3.8) is 0 Å². The Morgan fingerprint density at radius 2 is 1.33 bits per heavy atom. The molecule has 0 atom stereocenters. The standard InChI is InChI=1S/C8H8.2C5H8O2.C4H6O2.C3H4O2/c1-2-8-6-4-3-5-7-8;1-4(2)5(6)7-3;1-3-5(6)7-4-2;1-3(2)4(5)6;1-2-3(4)5/h2-7H,1H2;1H2,2-3H3;3H,1,4H2,2H3;1H2,2H3,(H,5,6);2H,1H2,(H,4,5). The number of benzene rings is 1. The third-order valence-corrected chi connectivity index (χ3v) is 2.56. The van der Waals surface area contributed by atoms with Gasteiger partial charge in [-0.25, -0.2) is 19.2 Å². The molecule has 8 heteroatoms. The van der Waals surface area contributed by atoms with E-state index in [0.29, 0.717) is 12.2 Å². The predicted octanol–water partition coefficient (Wildman–Crippen LogP) is 4.70. The zero-order chi connectivity index (χ0) is 26.8. The molecular weight excluding hydrogens is 428 g/mol. The van der Waals surface area contributed by atoms with Gasteiger partial charge in [0.25, 0.3) is 0 Å². The Morgan fingerprint density at radius 3 is 1.45 bits per heavy atom. The number of carbonyl (C=O) groups excluding carboxylic acids is 2. The van der Waals surface area contributed by atoms with Gasteiger partial charge in [0.1, 0.15) is 0 Å². The average Bonchev–Trinajstić information content (AvgIpc) is 2.80. The highest BCUT2D eigenvalue weighted by atomic mass is 16.5. The van der Waals surface area contributed by atoms with Crippen molar-refractivity contribution in [3.8, 4) is 0 Å². The SMILES string of the molecule is C=C(C)C(=O)O.C=C(C)C(=O)OC.C=CC(=O)O.C=CC(=O)OCC.C=Cc1ccccc1. The molecule has 0 fully saturated rings. The highest BCUT2D eigenvalue weighted by Crippen LogP contribution is 1.97. The number of ether oxygens (including phenoxy) is 2. The molecule has 0 aromatic heterocycles. The van der Waals surface area contributed by atoms with Crippen LogP contribution >= 0.6 is 0 Å². The number of hydrogen-bond acceptors (Lipinski definition) is 6. The molecule has 0 unspecified atom stereocenters. The molecule has 0 spiro atoms. The number of carbonyl (C=O) groups is 4. The molecule has 0 bridgehead atoms. The number of esters is 2. The van der Waals surface area contributed by atoms with E-state index in [-0.39, 0.29) is 17.5 Å². The minimum atomic E-state index is -0.981. The average molecular weight is 463 g/mol. The number of carboxylic acids is 2. The van der Waals surface area contributed by atoms with Crippen LogP contribution in [0.1, 0.15) is 26.3 Å². The van der Waals surface area contributed by atoms with Crippen LogP contribution in [0, 0.1) is 0 Å². The van der Waals surface area contributed by atoms with Crippen molar-refractivity contribution < 1.29 is 38.9 Å². The Balaban J connectivity index is -0.000000161. The van der Waals surface area contributed by atoms with E-state index in [1.54, 1.807) is 13.8 Å². The van der Waals surface area contributed by atoms with E-state index in [4.69, 9.17) is 10.2 Å². The lowest BCUT2D eigenvalue weighted by atomic mass is 10.2. The first-order valence-electron chi connectivity index (χ1n) is 9.28. The fourth-order valence-corrected chi connectivity index (χ4v) is 0.965. The van der Waals surface area contributed by atoms with Crippen molar-refractivity contribution in [1.29, 1.82) is 0 Å². The van der Waals surface area contributed by atoms with Gasteiger partial charge in [0.2, 0.25) is 0 Å². The lowest BCUT2D eigenvalue weighted by Gasteiger charge is -1.91. The van der Waals surface area contributed by atoms with E-state index >= 15 is 0 Å². The maximum atomic E-state index is 10.2. The topological polar surface area (TPSA) is 127 Å². The molecule has 182 valence electrons. The Morgan fingerprint density at radius 1 is 0.909 bits per heavy atom.